The highest BCUT2D eigenvalue weighted by molar-refractivity contribution is 6.20. The number of imide groups is 1. The van der Waals surface area contributed by atoms with Crippen molar-refractivity contribution in [3.8, 4) is 0 Å². The van der Waals surface area contributed by atoms with Crippen molar-refractivity contribution >= 4 is 25.3 Å². The molecule has 1 aromatic carbocycles. The number of carbonyl (C=O) groups is 2. The number of benzene rings is 1. The number of unbranched alkanes of at least 4 members (excludes halogenated alkanes) is 3. The lowest BCUT2D eigenvalue weighted by atomic mass is 9.65. The van der Waals surface area contributed by atoms with Crippen molar-refractivity contribution in [3.63, 3.8) is 0 Å². The highest BCUT2D eigenvalue weighted by Crippen LogP contribution is 2.35. The Hall–Kier alpha value is -1.58. The first-order valence-corrected chi connectivity index (χ1v) is 9.76. The normalized spacial score (nSPS) is 19.5. The van der Waals surface area contributed by atoms with Gasteiger partial charge in [0.2, 0.25) is 11.8 Å². The fraction of sp³-hybridized carbons (Fsp3) is 0.619. The minimum atomic E-state index is -0.129. The molecule has 0 N–H and O–H groups in total. The van der Waals surface area contributed by atoms with Crippen LogP contribution in [0.2, 0.25) is 5.82 Å². The van der Waals surface area contributed by atoms with Gasteiger partial charge in [-0.15, -0.1) is 0 Å². The number of rotatable bonds is 8. The molecule has 3 nitrogen and oxygen atoms in total. The van der Waals surface area contributed by atoms with E-state index in [-0.39, 0.29) is 23.1 Å². The van der Waals surface area contributed by atoms with Gasteiger partial charge < -0.3 is 0 Å². The van der Waals surface area contributed by atoms with Gasteiger partial charge in [0.15, 0.2) is 0 Å². The maximum Gasteiger partial charge on any atom is 0.237 e. The highest BCUT2D eigenvalue weighted by atomic mass is 16.2. The molecule has 0 bridgehead atoms. The first-order valence-electron chi connectivity index (χ1n) is 9.76. The summed E-state index contributed by atoms with van der Waals surface area (Å²) in [5, 5.41) is 0. The molecule has 2 unspecified atom stereocenters. The van der Waals surface area contributed by atoms with Gasteiger partial charge in [-0.2, -0.15) is 0 Å². The lowest BCUT2D eigenvalue weighted by molar-refractivity contribution is -0.122. The highest BCUT2D eigenvalue weighted by Gasteiger charge is 2.39. The van der Waals surface area contributed by atoms with Crippen molar-refractivity contribution in [3.05, 3.63) is 29.8 Å². The third-order valence-electron chi connectivity index (χ3n) is 5.96. The van der Waals surface area contributed by atoms with E-state index in [0.717, 1.165) is 24.9 Å². The summed E-state index contributed by atoms with van der Waals surface area (Å²) in [5.41, 5.74) is 2.02. The standard InChI is InChI=1S/C21H32BNO2/c1-5-6-7-8-9-16-14-19(24)23(20(16)25)18-12-10-17(11-13-18)21(3,4)15(2)22/h10-13,15-16H,5-9,14,22H2,1-4H3. The molecule has 0 aliphatic carbocycles. The number of amides is 2. The Balaban J connectivity index is 2.08. The van der Waals surface area contributed by atoms with Gasteiger partial charge in [0.25, 0.3) is 0 Å². The third-order valence-corrected chi connectivity index (χ3v) is 5.96. The Labute approximate surface area is 153 Å². The van der Waals surface area contributed by atoms with E-state index in [1.54, 1.807) is 0 Å². The fourth-order valence-electron chi connectivity index (χ4n) is 3.38. The Morgan fingerprint density at radius 1 is 1.16 bits per heavy atom. The van der Waals surface area contributed by atoms with Crippen LogP contribution in [0.15, 0.2) is 24.3 Å². The molecule has 2 amide bonds. The molecule has 0 aromatic heterocycles. The number of hydrogen-bond donors (Lipinski definition) is 0. The van der Waals surface area contributed by atoms with Crippen LogP contribution in [0.4, 0.5) is 5.69 Å². The second-order valence-corrected chi connectivity index (χ2v) is 8.24. The molecule has 136 valence electrons. The molecular formula is C21H32BNO2. The van der Waals surface area contributed by atoms with Crippen molar-refractivity contribution in [2.75, 3.05) is 4.90 Å². The number of nitrogens with zero attached hydrogens (tertiary/aromatic N) is 1. The summed E-state index contributed by atoms with van der Waals surface area (Å²) >= 11 is 0. The second kappa shape index (κ2) is 8.20. The summed E-state index contributed by atoms with van der Waals surface area (Å²) < 4.78 is 0. The molecule has 2 rings (SSSR count). The minimum Gasteiger partial charge on any atom is -0.274 e. The molecule has 1 aliphatic heterocycles. The van der Waals surface area contributed by atoms with Gasteiger partial charge in [-0.3, -0.25) is 14.5 Å². The topological polar surface area (TPSA) is 37.4 Å². The lowest BCUT2D eigenvalue weighted by Gasteiger charge is -2.30. The van der Waals surface area contributed by atoms with E-state index in [2.05, 4.69) is 47.7 Å². The molecule has 1 saturated heterocycles. The van der Waals surface area contributed by atoms with Crippen molar-refractivity contribution in [2.45, 2.75) is 77.5 Å². The van der Waals surface area contributed by atoms with Crippen molar-refractivity contribution in [1.82, 2.24) is 0 Å². The molecule has 25 heavy (non-hydrogen) atoms. The van der Waals surface area contributed by atoms with E-state index in [4.69, 9.17) is 0 Å². The van der Waals surface area contributed by atoms with Crippen LogP contribution in [0.1, 0.15) is 71.8 Å². The van der Waals surface area contributed by atoms with E-state index in [0.29, 0.717) is 12.2 Å². The molecule has 1 fully saturated rings. The largest absolute Gasteiger partial charge is 0.274 e. The predicted octanol–water partition coefficient (Wildman–Crippen LogP) is 4.26. The Morgan fingerprint density at radius 3 is 2.36 bits per heavy atom. The summed E-state index contributed by atoms with van der Waals surface area (Å²) in [6.45, 7) is 8.84. The summed E-state index contributed by atoms with van der Waals surface area (Å²) in [7, 11) is 2.21. The van der Waals surface area contributed by atoms with E-state index >= 15 is 0 Å². The van der Waals surface area contributed by atoms with Gasteiger partial charge in [0.05, 0.1) is 5.69 Å². The predicted molar refractivity (Wildman–Crippen MR) is 107 cm³/mol. The van der Waals surface area contributed by atoms with Crippen LogP contribution >= 0.6 is 0 Å². The Morgan fingerprint density at radius 2 is 1.80 bits per heavy atom. The smallest absolute Gasteiger partial charge is 0.237 e. The van der Waals surface area contributed by atoms with Crippen LogP contribution in [-0.4, -0.2) is 19.7 Å². The van der Waals surface area contributed by atoms with Crippen LogP contribution < -0.4 is 4.90 Å². The zero-order chi connectivity index (χ0) is 18.6. The van der Waals surface area contributed by atoms with E-state index in [9.17, 15) is 9.59 Å². The molecule has 0 radical (unpaired) electrons. The summed E-state index contributed by atoms with van der Waals surface area (Å²) in [5.74, 6) is 0.316. The molecule has 4 heteroatoms. The zero-order valence-electron chi connectivity index (χ0n) is 16.5. The van der Waals surface area contributed by atoms with Gasteiger partial charge in [-0.25, -0.2) is 0 Å². The maximum absolute atomic E-state index is 12.7. The van der Waals surface area contributed by atoms with Crippen LogP contribution in [0, 0.1) is 5.92 Å². The number of anilines is 1. The quantitative estimate of drug-likeness (QED) is 0.403. The van der Waals surface area contributed by atoms with E-state index < -0.39 is 0 Å². The maximum atomic E-state index is 12.7. The summed E-state index contributed by atoms with van der Waals surface area (Å²) in [4.78, 5) is 26.5. The SMILES string of the molecule is BC(C)C(C)(C)c1ccc(N2C(=O)CC(CCCCCC)C2=O)cc1. The molecule has 0 saturated carbocycles. The number of hydrogen-bond acceptors (Lipinski definition) is 2. The van der Waals surface area contributed by atoms with Crippen LogP contribution in [0.3, 0.4) is 0 Å². The first-order chi connectivity index (χ1) is 11.8. The molecule has 0 spiro atoms. The van der Waals surface area contributed by atoms with Gasteiger partial charge in [-0.1, -0.05) is 71.3 Å². The molecule has 1 heterocycles. The Kier molecular flexibility index (Phi) is 6.48. The third kappa shape index (κ3) is 4.34. The van der Waals surface area contributed by atoms with Crippen LogP contribution in [-0.2, 0) is 15.0 Å². The molecule has 1 aliphatic rings. The van der Waals surface area contributed by atoms with Gasteiger partial charge in [0, 0.05) is 12.3 Å². The molecule has 2 atom stereocenters. The van der Waals surface area contributed by atoms with Gasteiger partial charge in [-0.05, 0) is 29.5 Å². The van der Waals surface area contributed by atoms with Crippen molar-refractivity contribution < 1.29 is 9.59 Å². The van der Waals surface area contributed by atoms with E-state index in [1.165, 1.54) is 23.3 Å². The van der Waals surface area contributed by atoms with Crippen LogP contribution in [0.5, 0.6) is 0 Å². The zero-order valence-corrected chi connectivity index (χ0v) is 16.5. The molecular weight excluding hydrogens is 309 g/mol. The average Bonchev–Trinajstić information content (AvgIpc) is 2.85. The first kappa shape index (κ1) is 19.7. The summed E-state index contributed by atoms with van der Waals surface area (Å²) in [6.07, 6.45) is 5.76. The van der Waals surface area contributed by atoms with Crippen molar-refractivity contribution in [1.29, 1.82) is 0 Å². The fourth-order valence-corrected chi connectivity index (χ4v) is 3.38. The van der Waals surface area contributed by atoms with E-state index in [1.807, 2.05) is 12.1 Å². The number of carbonyl (C=O) groups excluding carboxylic acids is 2. The second-order valence-electron chi connectivity index (χ2n) is 8.24. The van der Waals surface area contributed by atoms with Gasteiger partial charge in [0.1, 0.15) is 7.85 Å². The van der Waals surface area contributed by atoms with Gasteiger partial charge >= 0.3 is 0 Å². The molecule has 1 aromatic rings. The average molecular weight is 341 g/mol. The van der Waals surface area contributed by atoms with Crippen molar-refractivity contribution in [2.24, 2.45) is 5.92 Å². The summed E-state index contributed by atoms with van der Waals surface area (Å²) in [6, 6.07) is 7.97. The Bertz CT molecular complexity index is 607. The monoisotopic (exact) mass is 341 g/mol. The van der Waals surface area contributed by atoms with Crippen LogP contribution in [0.25, 0.3) is 0 Å². The lowest BCUT2D eigenvalue weighted by Crippen LogP contribution is -2.30. The minimum absolute atomic E-state index is 0.0163.